The summed E-state index contributed by atoms with van der Waals surface area (Å²) in [5.74, 6) is 0.218. The largest absolute Gasteiger partial charge is 0.492 e. The Kier molecular flexibility index (Phi) is 7.97. The van der Waals surface area contributed by atoms with Gasteiger partial charge in [0.2, 0.25) is 11.8 Å². The number of pyridine rings is 1. The summed E-state index contributed by atoms with van der Waals surface area (Å²) in [5, 5.41) is 2.79. The van der Waals surface area contributed by atoms with Crippen molar-refractivity contribution >= 4 is 56.0 Å². The Labute approximate surface area is 210 Å². The number of amidine groups is 1. The summed E-state index contributed by atoms with van der Waals surface area (Å²) in [7, 11) is 0. The minimum absolute atomic E-state index is 0.0235. The first kappa shape index (κ1) is 24.0. The zero-order chi connectivity index (χ0) is 23.9. The van der Waals surface area contributed by atoms with Gasteiger partial charge in [-0.05, 0) is 59.3 Å². The van der Waals surface area contributed by atoms with Crippen molar-refractivity contribution < 1.29 is 14.3 Å². The molecule has 34 heavy (non-hydrogen) atoms. The summed E-state index contributed by atoms with van der Waals surface area (Å²) in [5.41, 5.74) is 2.03. The molecule has 2 heterocycles. The van der Waals surface area contributed by atoms with Gasteiger partial charge in [-0.25, -0.2) is 4.99 Å². The molecule has 1 aromatic heterocycles. The minimum Gasteiger partial charge on any atom is -0.492 e. The van der Waals surface area contributed by atoms with E-state index in [1.54, 1.807) is 17.2 Å². The van der Waals surface area contributed by atoms with E-state index >= 15 is 0 Å². The third-order valence-electron chi connectivity index (χ3n) is 4.97. The fourth-order valence-corrected chi connectivity index (χ4v) is 4.92. The number of aromatic nitrogens is 1. The molecule has 9 heteroatoms. The maximum absolute atomic E-state index is 13.4. The summed E-state index contributed by atoms with van der Waals surface area (Å²) in [4.78, 5) is 36.8. The highest BCUT2D eigenvalue weighted by atomic mass is 79.9. The molecule has 0 radical (unpaired) electrons. The van der Waals surface area contributed by atoms with Gasteiger partial charge < -0.3 is 10.1 Å². The molecule has 1 aliphatic heterocycles. The Balaban J connectivity index is 1.58. The highest BCUT2D eigenvalue weighted by Gasteiger charge is 2.39. The van der Waals surface area contributed by atoms with Gasteiger partial charge >= 0.3 is 0 Å². The van der Waals surface area contributed by atoms with Gasteiger partial charge in [-0.2, -0.15) is 0 Å². The first-order chi connectivity index (χ1) is 16.5. The van der Waals surface area contributed by atoms with Crippen LogP contribution in [0.4, 0.5) is 11.4 Å². The van der Waals surface area contributed by atoms with Crippen LogP contribution in [0.1, 0.15) is 19.0 Å². The second-order valence-corrected chi connectivity index (χ2v) is 9.40. The van der Waals surface area contributed by atoms with E-state index in [1.807, 2.05) is 67.6 Å². The maximum atomic E-state index is 13.4. The lowest BCUT2D eigenvalue weighted by atomic mass is 10.2. The number of carbonyl (C=O) groups is 2. The minimum atomic E-state index is -0.593. The molecule has 0 aliphatic carbocycles. The lowest BCUT2D eigenvalue weighted by Crippen LogP contribution is -2.33. The number of benzene rings is 2. The highest BCUT2D eigenvalue weighted by Crippen LogP contribution is 2.35. The van der Waals surface area contributed by atoms with Crippen LogP contribution in [-0.4, -0.2) is 38.7 Å². The first-order valence-electron chi connectivity index (χ1n) is 10.8. The molecule has 2 aromatic carbocycles. The van der Waals surface area contributed by atoms with Crippen LogP contribution in [0.25, 0.3) is 0 Å². The molecule has 0 unspecified atom stereocenters. The lowest BCUT2D eigenvalue weighted by Gasteiger charge is -2.16. The molecule has 1 fully saturated rings. The van der Waals surface area contributed by atoms with Crippen molar-refractivity contribution in [3.05, 3.63) is 83.1 Å². The van der Waals surface area contributed by atoms with Crippen LogP contribution in [0.2, 0.25) is 0 Å². The number of hydrogen-bond acceptors (Lipinski definition) is 6. The summed E-state index contributed by atoms with van der Waals surface area (Å²) in [6.07, 6.45) is 1.71. The van der Waals surface area contributed by atoms with Gasteiger partial charge in [0.1, 0.15) is 16.7 Å². The van der Waals surface area contributed by atoms with Crippen molar-refractivity contribution in [2.45, 2.75) is 25.1 Å². The van der Waals surface area contributed by atoms with E-state index in [1.165, 1.54) is 11.8 Å². The van der Waals surface area contributed by atoms with Crippen molar-refractivity contribution in [2.24, 2.45) is 4.99 Å². The van der Waals surface area contributed by atoms with Crippen molar-refractivity contribution in [2.75, 3.05) is 11.9 Å². The van der Waals surface area contributed by atoms with Gasteiger partial charge in [0.25, 0.3) is 0 Å². The quantitative estimate of drug-likeness (QED) is 0.414. The molecular formula is C25H23BrN4O3S. The number of anilines is 1. The Bertz CT molecular complexity index is 1210. The average molecular weight is 539 g/mol. The van der Waals surface area contributed by atoms with Crippen molar-refractivity contribution in [3.63, 3.8) is 0 Å². The number of carbonyl (C=O) groups excluding carboxylic acids is 2. The molecule has 2 amide bonds. The highest BCUT2D eigenvalue weighted by molar-refractivity contribution is 9.10. The van der Waals surface area contributed by atoms with Gasteiger partial charge in [-0.15, -0.1) is 0 Å². The van der Waals surface area contributed by atoms with Crippen molar-refractivity contribution in [1.29, 1.82) is 0 Å². The van der Waals surface area contributed by atoms with Crippen molar-refractivity contribution in [1.82, 2.24) is 9.88 Å². The molecule has 174 valence electrons. The molecule has 1 atom stereocenters. The smallest absolute Gasteiger partial charge is 0.243 e. The van der Waals surface area contributed by atoms with Gasteiger partial charge in [0, 0.05) is 17.1 Å². The predicted octanol–water partition coefficient (Wildman–Crippen LogP) is 5.40. The number of nitrogens with one attached hydrogen (secondary N) is 1. The second-order valence-electron chi connectivity index (χ2n) is 7.38. The lowest BCUT2D eigenvalue weighted by molar-refractivity contribution is -0.128. The number of nitrogens with zero attached hydrogens (tertiary/aromatic N) is 3. The van der Waals surface area contributed by atoms with Crippen LogP contribution in [0.5, 0.6) is 5.75 Å². The van der Waals surface area contributed by atoms with E-state index in [4.69, 9.17) is 9.73 Å². The molecule has 0 spiro atoms. The van der Waals surface area contributed by atoms with E-state index in [9.17, 15) is 9.59 Å². The van der Waals surface area contributed by atoms with E-state index < -0.39 is 5.25 Å². The number of hydrogen-bond donors (Lipinski definition) is 1. The van der Waals surface area contributed by atoms with E-state index in [0.29, 0.717) is 28.9 Å². The second kappa shape index (κ2) is 11.3. The standard InChI is InChI=1S/C25H23BrN4O3S/c1-2-33-21-13-6-5-12-20(21)29-25-30(16-17-9-7-8-14-27-17)24(32)22(34-25)15-23(31)28-19-11-4-3-10-18(19)26/h3-14,22H,2,15-16H2,1H3,(H,28,31)/t22-/m1/s1. The normalized spacial score (nSPS) is 16.6. The number of thioether (sulfide) groups is 1. The first-order valence-corrected chi connectivity index (χ1v) is 12.4. The Morgan fingerprint density at radius 2 is 1.91 bits per heavy atom. The molecule has 0 bridgehead atoms. The fourth-order valence-electron chi connectivity index (χ4n) is 3.39. The fraction of sp³-hybridized carbons (Fsp3) is 0.200. The van der Waals surface area contributed by atoms with Gasteiger partial charge in [0.05, 0.1) is 24.5 Å². The van der Waals surface area contributed by atoms with Crippen LogP contribution in [0.15, 0.2) is 82.4 Å². The topological polar surface area (TPSA) is 83.9 Å². The van der Waals surface area contributed by atoms with Crippen LogP contribution < -0.4 is 10.1 Å². The molecule has 1 aliphatic rings. The Morgan fingerprint density at radius 1 is 1.15 bits per heavy atom. The van der Waals surface area contributed by atoms with Gasteiger partial charge in [-0.3, -0.25) is 19.5 Å². The molecule has 0 saturated carbocycles. The van der Waals surface area contributed by atoms with Crippen molar-refractivity contribution in [3.8, 4) is 5.75 Å². The monoisotopic (exact) mass is 538 g/mol. The summed E-state index contributed by atoms with van der Waals surface area (Å²) in [6, 6.07) is 20.3. The summed E-state index contributed by atoms with van der Waals surface area (Å²) in [6.45, 7) is 2.68. The van der Waals surface area contributed by atoms with E-state index in [2.05, 4.69) is 26.2 Å². The number of halogens is 1. The van der Waals surface area contributed by atoms with Crippen LogP contribution in [-0.2, 0) is 16.1 Å². The van der Waals surface area contributed by atoms with E-state index in [0.717, 1.165) is 10.2 Å². The zero-order valence-electron chi connectivity index (χ0n) is 18.5. The van der Waals surface area contributed by atoms with Gasteiger partial charge in [0.15, 0.2) is 5.17 Å². The number of amides is 2. The molecule has 1 saturated heterocycles. The third-order valence-corrected chi connectivity index (χ3v) is 6.83. The Hall–Kier alpha value is -3.17. The number of rotatable bonds is 8. The zero-order valence-corrected chi connectivity index (χ0v) is 20.9. The van der Waals surface area contributed by atoms with Crippen LogP contribution in [0.3, 0.4) is 0 Å². The molecule has 1 N–H and O–H groups in total. The van der Waals surface area contributed by atoms with Gasteiger partial charge in [-0.1, -0.05) is 42.1 Å². The average Bonchev–Trinajstić information content (AvgIpc) is 3.11. The molecule has 3 aromatic rings. The Morgan fingerprint density at radius 3 is 2.68 bits per heavy atom. The van der Waals surface area contributed by atoms with Crippen LogP contribution in [0, 0.1) is 0 Å². The summed E-state index contributed by atoms with van der Waals surface area (Å²) < 4.78 is 6.47. The van der Waals surface area contributed by atoms with Crippen LogP contribution >= 0.6 is 27.7 Å². The SMILES string of the molecule is CCOc1ccccc1N=C1S[C@H](CC(=O)Nc2ccccc2Br)C(=O)N1Cc1ccccn1. The molecular weight excluding hydrogens is 516 g/mol. The number of para-hydroxylation sites is 3. The summed E-state index contributed by atoms with van der Waals surface area (Å²) >= 11 is 4.71. The predicted molar refractivity (Wildman–Crippen MR) is 138 cm³/mol. The third kappa shape index (κ3) is 5.84. The molecule has 4 rings (SSSR count). The van der Waals surface area contributed by atoms with E-state index in [-0.39, 0.29) is 24.8 Å². The maximum Gasteiger partial charge on any atom is 0.243 e. The molecule has 7 nitrogen and oxygen atoms in total. The number of aliphatic imine (C=N–C) groups is 1. The number of ether oxygens (including phenoxy) is 1.